The van der Waals surface area contributed by atoms with Gasteiger partial charge >= 0.3 is 0 Å². The van der Waals surface area contributed by atoms with Gasteiger partial charge in [0.25, 0.3) is 0 Å². The molecule has 1 saturated carbocycles. The number of hydrogen-bond acceptors (Lipinski definition) is 3. The van der Waals surface area contributed by atoms with Crippen LogP contribution in [0.2, 0.25) is 0 Å². The molecule has 0 aromatic carbocycles. The number of aliphatic hydroxyl groups is 1. The molecule has 2 aliphatic rings. The van der Waals surface area contributed by atoms with Crippen LogP contribution < -0.4 is 5.32 Å². The van der Waals surface area contributed by atoms with Crippen molar-refractivity contribution in [3.8, 4) is 0 Å². The van der Waals surface area contributed by atoms with Gasteiger partial charge in [0.05, 0.1) is 12.6 Å². The minimum absolute atomic E-state index is 0.181. The molecule has 1 aliphatic heterocycles. The molecule has 1 saturated heterocycles. The molecule has 0 aromatic heterocycles. The Labute approximate surface area is 90.6 Å². The van der Waals surface area contributed by atoms with Crippen LogP contribution in [0.4, 0.5) is 0 Å². The second kappa shape index (κ2) is 4.49. The van der Waals surface area contributed by atoms with E-state index in [9.17, 15) is 9.90 Å². The Kier molecular flexibility index (Phi) is 3.26. The lowest BCUT2D eigenvalue weighted by Crippen LogP contribution is -2.47. The van der Waals surface area contributed by atoms with E-state index in [1.54, 1.807) is 0 Å². The highest BCUT2D eigenvalue weighted by atomic mass is 16.3. The molecule has 2 unspecified atom stereocenters. The molecule has 4 nitrogen and oxygen atoms in total. The predicted octanol–water partition coefficient (Wildman–Crippen LogP) is -0.0323. The summed E-state index contributed by atoms with van der Waals surface area (Å²) in [5.41, 5.74) is 0. The standard InChI is InChI=1S/C11H20N2O2/c1-8-7-13(5-4-10(8)14)11(15)6-12-9-2-3-9/h8-10,12,14H,2-7H2,1H3. The Morgan fingerprint density at radius 1 is 1.47 bits per heavy atom. The summed E-state index contributed by atoms with van der Waals surface area (Å²) in [4.78, 5) is 13.6. The van der Waals surface area contributed by atoms with E-state index in [-0.39, 0.29) is 17.9 Å². The highest BCUT2D eigenvalue weighted by Crippen LogP contribution is 2.19. The van der Waals surface area contributed by atoms with Gasteiger partial charge in [-0.2, -0.15) is 0 Å². The van der Waals surface area contributed by atoms with E-state index in [4.69, 9.17) is 0 Å². The maximum Gasteiger partial charge on any atom is 0.236 e. The molecule has 1 heterocycles. The van der Waals surface area contributed by atoms with Crippen LogP contribution in [0.25, 0.3) is 0 Å². The molecule has 0 spiro atoms. The third-order valence-corrected chi connectivity index (χ3v) is 3.33. The molecule has 2 rings (SSSR count). The van der Waals surface area contributed by atoms with Crippen molar-refractivity contribution < 1.29 is 9.90 Å². The van der Waals surface area contributed by atoms with Gasteiger partial charge in [-0.25, -0.2) is 0 Å². The highest BCUT2D eigenvalue weighted by Gasteiger charge is 2.28. The molecule has 1 aliphatic carbocycles. The summed E-state index contributed by atoms with van der Waals surface area (Å²) in [5.74, 6) is 0.393. The van der Waals surface area contributed by atoms with Crippen molar-refractivity contribution in [2.24, 2.45) is 5.92 Å². The molecule has 0 aromatic rings. The number of carbonyl (C=O) groups is 1. The molecule has 1 amide bonds. The van der Waals surface area contributed by atoms with Gasteiger partial charge in [0.2, 0.25) is 5.91 Å². The van der Waals surface area contributed by atoms with Crippen LogP contribution in [0.15, 0.2) is 0 Å². The van der Waals surface area contributed by atoms with E-state index < -0.39 is 0 Å². The van der Waals surface area contributed by atoms with Crippen LogP contribution in [0.5, 0.6) is 0 Å². The van der Waals surface area contributed by atoms with E-state index in [2.05, 4.69) is 5.32 Å². The van der Waals surface area contributed by atoms with Crippen molar-refractivity contribution in [1.82, 2.24) is 10.2 Å². The number of hydrogen-bond donors (Lipinski definition) is 2. The Morgan fingerprint density at radius 2 is 2.20 bits per heavy atom. The van der Waals surface area contributed by atoms with Gasteiger partial charge in [0.1, 0.15) is 0 Å². The Morgan fingerprint density at radius 3 is 2.80 bits per heavy atom. The summed E-state index contributed by atoms with van der Waals surface area (Å²) >= 11 is 0. The van der Waals surface area contributed by atoms with E-state index in [0.29, 0.717) is 25.7 Å². The fourth-order valence-electron chi connectivity index (χ4n) is 1.99. The lowest BCUT2D eigenvalue weighted by Gasteiger charge is -2.34. The number of rotatable bonds is 3. The largest absolute Gasteiger partial charge is 0.393 e. The van der Waals surface area contributed by atoms with Crippen molar-refractivity contribution in [3.63, 3.8) is 0 Å². The number of nitrogens with zero attached hydrogens (tertiary/aromatic N) is 1. The second-order valence-electron chi connectivity index (χ2n) is 4.83. The SMILES string of the molecule is CC1CN(C(=O)CNC2CC2)CCC1O. The number of carbonyl (C=O) groups excluding carboxylic acids is 1. The highest BCUT2D eigenvalue weighted by molar-refractivity contribution is 5.78. The summed E-state index contributed by atoms with van der Waals surface area (Å²) in [7, 11) is 0. The topological polar surface area (TPSA) is 52.6 Å². The number of nitrogens with one attached hydrogen (secondary N) is 1. The zero-order chi connectivity index (χ0) is 10.8. The molecule has 0 bridgehead atoms. The zero-order valence-corrected chi connectivity index (χ0v) is 9.28. The third-order valence-electron chi connectivity index (χ3n) is 3.33. The first-order chi connectivity index (χ1) is 7.16. The van der Waals surface area contributed by atoms with Crippen molar-refractivity contribution in [3.05, 3.63) is 0 Å². The molecule has 0 radical (unpaired) electrons. The first kappa shape index (κ1) is 10.9. The van der Waals surface area contributed by atoms with Gasteiger partial charge < -0.3 is 15.3 Å². The smallest absolute Gasteiger partial charge is 0.236 e. The summed E-state index contributed by atoms with van der Waals surface area (Å²) in [5, 5.41) is 12.8. The van der Waals surface area contributed by atoms with Crippen LogP contribution in [0.3, 0.4) is 0 Å². The molecule has 15 heavy (non-hydrogen) atoms. The van der Waals surface area contributed by atoms with Crippen LogP contribution in [-0.4, -0.2) is 47.7 Å². The molecule has 2 atom stereocenters. The summed E-state index contributed by atoms with van der Waals surface area (Å²) < 4.78 is 0. The summed E-state index contributed by atoms with van der Waals surface area (Å²) in [6, 6.07) is 0.585. The summed E-state index contributed by atoms with van der Waals surface area (Å²) in [6.07, 6.45) is 2.91. The van der Waals surface area contributed by atoms with Gasteiger partial charge in [-0.3, -0.25) is 4.79 Å². The quantitative estimate of drug-likeness (QED) is 0.690. The minimum Gasteiger partial charge on any atom is -0.393 e. The van der Waals surface area contributed by atoms with Crippen molar-refractivity contribution in [1.29, 1.82) is 0 Å². The van der Waals surface area contributed by atoms with Crippen molar-refractivity contribution in [2.75, 3.05) is 19.6 Å². The minimum atomic E-state index is -0.231. The van der Waals surface area contributed by atoms with Crippen LogP contribution in [0.1, 0.15) is 26.2 Å². The molecule has 4 heteroatoms. The van der Waals surface area contributed by atoms with Crippen LogP contribution in [-0.2, 0) is 4.79 Å². The van der Waals surface area contributed by atoms with E-state index in [0.717, 1.165) is 6.42 Å². The van der Waals surface area contributed by atoms with Gasteiger partial charge in [0.15, 0.2) is 0 Å². The molecule has 2 N–H and O–H groups in total. The van der Waals surface area contributed by atoms with Gasteiger partial charge in [-0.1, -0.05) is 6.92 Å². The number of amides is 1. The average Bonchev–Trinajstić information content (AvgIpc) is 3.02. The molecule has 2 fully saturated rings. The third kappa shape index (κ3) is 2.92. The monoisotopic (exact) mass is 212 g/mol. The molecular formula is C11H20N2O2. The average molecular weight is 212 g/mol. The van der Waals surface area contributed by atoms with E-state index in [1.807, 2.05) is 11.8 Å². The van der Waals surface area contributed by atoms with Crippen LogP contribution in [0, 0.1) is 5.92 Å². The maximum atomic E-state index is 11.8. The lowest BCUT2D eigenvalue weighted by molar-refractivity contribution is -0.133. The normalized spacial score (nSPS) is 31.7. The Hall–Kier alpha value is -0.610. The van der Waals surface area contributed by atoms with Gasteiger partial charge in [0, 0.05) is 19.1 Å². The number of likely N-dealkylation sites (tertiary alicyclic amines) is 1. The number of piperidine rings is 1. The zero-order valence-electron chi connectivity index (χ0n) is 9.28. The summed E-state index contributed by atoms with van der Waals surface area (Å²) in [6.45, 7) is 3.87. The Bertz CT molecular complexity index is 241. The first-order valence-electron chi connectivity index (χ1n) is 5.86. The van der Waals surface area contributed by atoms with Crippen LogP contribution >= 0.6 is 0 Å². The number of aliphatic hydroxyl groups excluding tert-OH is 1. The fourth-order valence-corrected chi connectivity index (χ4v) is 1.99. The lowest BCUT2D eigenvalue weighted by atomic mass is 9.97. The van der Waals surface area contributed by atoms with Crippen molar-refractivity contribution in [2.45, 2.75) is 38.3 Å². The van der Waals surface area contributed by atoms with E-state index in [1.165, 1.54) is 12.8 Å². The predicted molar refractivity (Wildman–Crippen MR) is 57.4 cm³/mol. The first-order valence-corrected chi connectivity index (χ1v) is 5.86. The second-order valence-corrected chi connectivity index (χ2v) is 4.83. The van der Waals surface area contributed by atoms with E-state index >= 15 is 0 Å². The van der Waals surface area contributed by atoms with Crippen molar-refractivity contribution >= 4 is 5.91 Å². The molecule has 86 valence electrons. The maximum absolute atomic E-state index is 11.8. The fraction of sp³-hybridized carbons (Fsp3) is 0.909. The van der Waals surface area contributed by atoms with Gasteiger partial charge in [-0.15, -0.1) is 0 Å². The molecular weight excluding hydrogens is 192 g/mol. The van der Waals surface area contributed by atoms with Gasteiger partial charge in [-0.05, 0) is 25.2 Å². The Balaban J connectivity index is 1.74.